The van der Waals surface area contributed by atoms with Gasteiger partial charge in [-0.05, 0) is 24.8 Å². The van der Waals surface area contributed by atoms with Gasteiger partial charge in [-0.1, -0.05) is 0 Å². The molecule has 0 aromatic carbocycles. The molecule has 10 heteroatoms. The molecule has 2 aromatic heterocycles. The number of carbonyl (C=O) groups excluding carboxylic acids is 1. The zero-order valence-electron chi connectivity index (χ0n) is 13.8. The Hall–Kier alpha value is -2.04. The van der Waals surface area contributed by atoms with E-state index in [1.807, 2.05) is 0 Å². The molecule has 0 saturated carbocycles. The van der Waals surface area contributed by atoms with E-state index in [0.29, 0.717) is 25.2 Å². The number of aliphatic hydroxyl groups excluding tert-OH is 1. The van der Waals surface area contributed by atoms with E-state index >= 15 is 0 Å². The predicted molar refractivity (Wildman–Crippen MR) is 90.7 cm³/mol. The first-order chi connectivity index (χ1) is 12.0. The summed E-state index contributed by atoms with van der Waals surface area (Å²) in [6, 6.07) is 0. The van der Waals surface area contributed by atoms with Gasteiger partial charge in [0.15, 0.2) is 5.65 Å². The van der Waals surface area contributed by atoms with Crippen LogP contribution < -0.4 is 5.32 Å². The van der Waals surface area contributed by atoms with Crippen molar-refractivity contribution in [3.63, 3.8) is 0 Å². The minimum Gasteiger partial charge on any atom is -0.396 e. The molecule has 1 saturated heterocycles. The Bertz CT molecular complexity index is 858. The zero-order valence-corrected chi connectivity index (χ0v) is 14.6. The molecule has 3 rings (SSSR count). The van der Waals surface area contributed by atoms with Crippen LogP contribution in [0.3, 0.4) is 0 Å². The van der Waals surface area contributed by atoms with Crippen LogP contribution in [-0.4, -0.2) is 70.3 Å². The topological polar surface area (TPSA) is 117 Å². The van der Waals surface area contributed by atoms with Crippen LogP contribution in [0.5, 0.6) is 0 Å². The molecule has 0 atom stereocenters. The molecule has 3 heterocycles. The Morgan fingerprint density at radius 1 is 1.28 bits per heavy atom. The fourth-order valence-electron chi connectivity index (χ4n) is 2.82. The van der Waals surface area contributed by atoms with Crippen LogP contribution in [0.2, 0.25) is 0 Å². The van der Waals surface area contributed by atoms with Crippen LogP contribution in [0.4, 0.5) is 0 Å². The van der Waals surface area contributed by atoms with E-state index in [1.165, 1.54) is 15.0 Å². The van der Waals surface area contributed by atoms with Crippen LogP contribution in [-0.2, 0) is 16.4 Å². The zero-order chi connectivity index (χ0) is 17.9. The first kappa shape index (κ1) is 17.8. The number of nitrogens with one attached hydrogen (secondary N) is 1. The van der Waals surface area contributed by atoms with Crippen LogP contribution in [0.25, 0.3) is 5.65 Å². The first-order valence-corrected chi connectivity index (χ1v) is 9.81. The Morgan fingerprint density at radius 2 is 2.04 bits per heavy atom. The number of sulfonamides is 1. The van der Waals surface area contributed by atoms with Crippen LogP contribution in [0.1, 0.15) is 28.8 Å². The lowest BCUT2D eigenvalue weighted by atomic mass is 10.2. The van der Waals surface area contributed by atoms with Crippen molar-refractivity contribution in [1.29, 1.82) is 0 Å². The van der Waals surface area contributed by atoms with Gasteiger partial charge in [0, 0.05) is 38.6 Å². The Balaban J connectivity index is 1.62. The number of hydrogen-bond donors (Lipinski definition) is 2. The molecular formula is C15H21N5O4S. The molecule has 1 aliphatic rings. The summed E-state index contributed by atoms with van der Waals surface area (Å²) < 4.78 is 27.2. The average Bonchev–Trinajstić information content (AvgIpc) is 3.25. The SMILES string of the molecule is O=C(NCCS(=O)(=O)N1CCCC1)c1cnn2cc(CCO)cnc12. The van der Waals surface area contributed by atoms with Gasteiger partial charge in [-0.2, -0.15) is 5.10 Å². The van der Waals surface area contributed by atoms with E-state index in [4.69, 9.17) is 5.11 Å². The minimum absolute atomic E-state index is 0.00723. The van der Waals surface area contributed by atoms with Gasteiger partial charge >= 0.3 is 0 Å². The van der Waals surface area contributed by atoms with Crippen LogP contribution in [0, 0.1) is 0 Å². The Morgan fingerprint density at radius 3 is 2.76 bits per heavy atom. The number of fused-ring (bicyclic) bond motifs is 1. The summed E-state index contributed by atoms with van der Waals surface area (Å²) in [5.41, 5.74) is 1.48. The highest BCUT2D eigenvalue weighted by Crippen LogP contribution is 2.13. The third-order valence-electron chi connectivity index (χ3n) is 4.16. The second-order valence-corrected chi connectivity index (χ2v) is 8.03. The van der Waals surface area contributed by atoms with Gasteiger partial charge in [-0.3, -0.25) is 4.79 Å². The van der Waals surface area contributed by atoms with E-state index in [-0.39, 0.29) is 24.5 Å². The molecule has 0 bridgehead atoms. The van der Waals surface area contributed by atoms with Crippen LogP contribution in [0.15, 0.2) is 18.6 Å². The molecule has 0 unspecified atom stereocenters. The number of carbonyl (C=O) groups is 1. The highest BCUT2D eigenvalue weighted by Gasteiger charge is 2.25. The molecule has 25 heavy (non-hydrogen) atoms. The summed E-state index contributed by atoms with van der Waals surface area (Å²) in [6.45, 7) is 1.17. The van der Waals surface area contributed by atoms with Gasteiger partial charge in [-0.25, -0.2) is 22.2 Å². The number of aromatic nitrogens is 3. The molecule has 1 fully saturated rings. The number of aliphatic hydroxyl groups is 1. The maximum Gasteiger partial charge on any atom is 0.256 e. The van der Waals surface area contributed by atoms with Gasteiger partial charge in [0.1, 0.15) is 5.56 Å². The molecule has 1 amide bonds. The van der Waals surface area contributed by atoms with Crippen molar-refractivity contribution >= 4 is 21.6 Å². The molecule has 0 spiro atoms. The molecule has 136 valence electrons. The van der Waals surface area contributed by atoms with Gasteiger partial charge in [0.25, 0.3) is 5.91 Å². The predicted octanol–water partition coefficient (Wildman–Crippen LogP) is -0.580. The quantitative estimate of drug-likeness (QED) is 0.676. The lowest BCUT2D eigenvalue weighted by Gasteiger charge is -2.15. The first-order valence-electron chi connectivity index (χ1n) is 8.20. The fourth-order valence-corrected chi connectivity index (χ4v) is 4.25. The van der Waals surface area contributed by atoms with Gasteiger partial charge in [-0.15, -0.1) is 0 Å². The molecule has 2 N–H and O–H groups in total. The van der Waals surface area contributed by atoms with Crippen molar-refractivity contribution in [2.45, 2.75) is 19.3 Å². The lowest BCUT2D eigenvalue weighted by Crippen LogP contribution is -2.36. The monoisotopic (exact) mass is 367 g/mol. The number of rotatable bonds is 7. The second-order valence-electron chi connectivity index (χ2n) is 5.94. The molecular weight excluding hydrogens is 346 g/mol. The summed E-state index contributed by atoms with van der Waals surface area (Å²) in [6.07, 6.45) is 6.92. The fraction of sp³-hybridized carbons (Fsp3) is 0.533. The van der Waals surface area contributed by atoms with E-state index in [2.05, 4.69) is 15.4 Å². The molecule has 0 aliphatic carbocycles. The summed E-state index contributed by atoms with van der Waals surface area (Å²) in [5, 5.41) is 15.7. The van der Waals surface area contributed by atoms with Crippen molar-refractivity contribution in [3.05, 3.63) is 29.7 Å². The normalized spacial score (nSPS) is 15.7. The number of nitrogens with zero attached hydrogens (tertiary/aromatic N) is 4. The van der Waals surface area contributed by atoms with Gasteiger partial charge in [0.2, 0.25) is 10.0 Å². The number of hydrogen-bond acceptors (Lipinski definition) is 6. The van der Waals surface area contributed by atoms with Crippen LogP contribution >= 0.6 is 0 Å². The summed E-state index contributed by atoms with van der Waals surface area (Å²) in [5.74, 6) is -0.527. The van der Waals surface area contributed by atoms with E-state index < -0.39 is 15.9 Å². The van der Waals surface area contributed by atoms with Crippen molar-refractivity contribution in [1.82, 2.24) is 24.2 Å². The standard InChI is InChI=1S/C15H21N5O4S/c21-7-3-12-9-17-14-13(10-18-20(14)11-12)15(22)16-4-8-25(23,24)19-5-1-2-6-19/h9-11,21H,1-8H2,(H,16,22). The minimum atomic E-state index is -3.32. The van der Waals surface area contributed by atoms with E-state index in [9.17, 15) is 13.2 Å². The molecule has 2 aromatic rings. The molecule has 9 nitrogen and oxygen atoms in total. The van der Waals surface area contributed by atoms with E-state index in [0.717, 1.165) is 18.4 Å². The smallest absolute Gasteiger partial charge is 0.256 e. The highest BCUT2D eigenvalue weighted by molar-refractivity contribution is 7.89. The Labute approximate surface area is 145 Å². The third-order valence-corrected chi connectivity index (χ3v) is 6.03. The molecule has 0 radical (unpaired) electrons. The van der Waals surface area contributed by atoms with Crippen molar-refractivity contribution in [2.75, 3.05) is 32.0 Å². The summed E-state index contributed by atoms with van der Waals surface area (Å²) in [7, 11) is -3.32. The van der Waals surface area contributed by atoms with Gasteiger partial charge in [0.05, 0.1) is 11.9 Å². The lowest BCUT2D eigenvalue weighted by molar-refractivity contribution is 0.0957. The van der Waals surface area contributed by atoms with Crippen molar-refractivity contribution < 1.29 is 18.3 Å². The summed E-state index contributed by atoms with van der Waals surface area (Å²) in [4.78, 5) is 16.5. The summed E-state index contributed by atoms with van der Waals surface area (Å²) >= 11 is 0. The van der Waals surface area contributed by atoms with E-state index in [1.54, 1.807) is 12.4 Å². The Kier molecular flexibility index (Phi) is 5.30. The maximum absolute atomic E-state index is 12.3. The van der Waals surface area contributed by atoms with Crippen molar-refractivity contribution in [2.24, 2.45) is 0 Å². The highest BCUT2D eigenvalue weighted by atomic mass is 32.2. The third kappa shape index (κ3) is 3.97. The molecule has 1 aliphatic heterocycles. The number of amides is 1. The van der Waals surface area contributed by atoms with Crippen molar-refractivity contribution in [3.8, 4) is 0 Å². The largest absolute Gasteiger partial charge is 0.396 e. The second kappa shape index (κ2) is 7.46. The van der Waals surface area contributed by atoms with Gasteiger partial charge < -0.3 is 10.4 Å². The maximum atomic E-state index is 12.3. The average molecular weight is 367 g/mol.